The van der Waals surface area contributed by atoms with E-state index in [1.54, 1.807) is 60.9 Å². The molecule has 0 spiro atoms. The second kappa shape index (κ2) is 17.4. The predicted molar refractivity (Wildman–Crippen MR) is 168 cm³/mol. The van der Waals surface area contributed by atoms with Crippen LogP contribution >= 0.6 is 0 Å². The molecule has 2 unspecified atom stereocenters. The van der Waals surface area contributed by atoms with Gasteiger partial charge < -0.3 is 34.8 Å². The molecule has 266 valence electrons. The number of aromatic nitrogens is 1. The molecular formula is C33H33F3N4O10. The number of carbonyl (C=O) groups is 6. The lowest BCUT2D eigenvalue weighted by molar-refractivity contribution is -0.192. The highest BCUT2D eigenvalue weighted by atomic mass is 19.4. The van der Waals surface area contributed by atoms with Crippen molar-refractivity contribution in [2.24, 2.45) is 0 Å². The first-order chi connectivity index (χ1) is 23.6. The Kier molecular flexibility index (Phi) is 13.4. The Balaban J connectivity index is 0.000000872. The van der Waals surface area contributed by atoms with Crippen LogP contribution in [0.2, 0.25) is 0 Å². The largest absolute Gasteiger partial charge is 0.497 e. The van der Waals surface area contributed by atoms with E-state index in [4.69, 9.17) is 19.4 Å². The number of aliphatic carboxylic acids is 2. The molecule has 0 bridgehead atoms. The Morgan fingerprint density at radius 2 is 1.50 bits per heavy atom. The van der Waals surface area contributed by atoms with Crippen LogP contribution in [0.4, 0.5) is 13.2 Å². The summed E-state index contributed by atoms with van der Waals surface area (Å²) in [5, 5.41) is 19.2. The summed E-state index contributed by atoms with van der Waals surface area (Å²) in [6.45, 7) is -0.649. The predicted octanol–water partition coefficient (Wildman–Crippen LogP) is 2.42. The Hall–Kier alpha value is -6.00. The fraction of sp³-hybridized carbons (Fsp3) is 0.303. The number of carboxylic acid groups (broad SMARTS) is 2. The first-order valence-corrected chi connectivity index (χ1v) is 14.8. The van der Waals surface area contributed by atoms with Crippen LogP contribution in [0.15, 0.2) is 73.1 Å². The maximum absolute atomic E-state index is 14.0. The zero-order chi connectivity index (χ0) is 37.0. The number of benzene rings is 2. The highest BCUT2D eigenvalue weighted by Crippen LogP contribution is 2.21. The summed E-state index contributed by atoms with van der Waals surface area (Å²) in [6.07, 6.45) is -2.12. The summed E-state index contributed by atoms with van der Waals surface area (Å²) < 4.78 is 41.7. The molecule has 3 N–H and O–H groups in total. The number of piperazine rings is 1. The topological polar surface area (TPSA) is 193 Å². The van der Waals surface area contributed by atoms with Crippen molar-refractivity contribution in [3.05, 3.63) is 84.2 Å². The van der Waals surface area contributed by atoms with Crippen molar-refractivity contribution in [1.29, 1.82) is 0 Å². The van der Waals surface area contributed by atoms with Crippen LogP contribution in [0.5, 0.6) is 5.75 Å². The molecule has 14 nitrogen and oxygen atoms in total. The van der Waals surface area contributed by atoms with Crippen LogP contribution in [0.25, 0.3) is 11.1 Å². The molecule has 1 fully saturated rings. The van der Waals surface area contributed by atoms with E-state index in [2.05, 4.69) is 10.3 Å². The molecule has 1 aliphatic rings. The first-order valence-electron chi connectivity index (χ1n) is 14.8. The summed E-state index contributed by atoms with van der Waals surface area (Å²) in [7, 11) is 2.69. The second-order valence-corrected chi connectivity index (χ2v) is 10.7. The molecule has 1 saturated heterocycles. The fourth-order valence-corrected chi connectivity index (χ4v) is 4.86. The van der Waals surface area contributed by atoms with Crippen LogP contribution in [0, 0.1) is 0 Å². The molecule has 2 atom stereocenters. The minimum absolute atomic E-state index is 0.0326. The Morgan fingerprint density at radius 3 is 2.02 bits per heavy atom. The Morgan fingerprint density at radius 1 is 0.920 bits per heavy atom. The molecule has 0 radical (unpaired) electrons. The molecule has 3 amide bonds. The molecule has 1 aromatic heterocycles. The quantitative estimate of drug-likeness (QED) is 0.249. The molecule has 3 aromatic rings. The number of carboxylic acids is 2. The van der Waals surface area contributed by atoms with Gasteiger partial charge in [0.25, 0.3) is 5.91 Å². The number of methoxy groups -OCH3 is 2. The van der Waals surface area contributed by atoms with E-state index in [0.29, 0.717) is 16.9 Å². The number of nitrogens with one attached hydrogen (secondary N) is 1. The standard InChI is InChI=1S/C31H32N4O8.C2HF3O2/c1-42-24-9-3-20(4-10-24)17-25(33-29(39)23-7-5-21(6-8-23)22-11-13-32-14-12-22)30(40)35-16-15-34(19-27(36)37)31(41)26(35)18-28(38)43-2;3-2(4,5)1(6)7/h3-14,25-26H,15-19H2,1-2H3,(H,33,39)(H,36,37);(H,6,7). The van der Waals surface area contributed by atoms with Crippen LogP contribution in [-0.4, -0.2) is 113 Å². The van der Waals surface area contributed by atoms with E-state index in [1.807, 2.05) is 12.1 Å². The molecular weight excluding hydrogens is 669 g/mol. The molecule has 2 heterocycles. The van der Waals surface area contributed by atoms with Gasteiger partial charge in [-0.1, -0.05) is 24.3 Å². The van der Waals surface area contributed by atoms with E-state index in [-0.39, 0.29) is 19.5 Å². The number of esters is 1. The highest BCUT2D eigenvalue weighted by Gasteiger charge is 2.42. The number of hydrogen-bond donors (Lipinski definition) is 3. The third-order valence-corrected chi connectivity index (χ3v) is 7.39. The smallest absolute Gasteiger partial charge is 0.490 e. The number of ether oxygens (including phenoxy) is 2. The minimum Gasteiger partial charge on any atom is -0.497 e. The molecule has 1 aliphatic heterocycles. The summed E-state index contributed by atoms with van der Waals surface area (Å²) in [4.78, 5) is 79.4. The van der Waals surface area contributed by atoms with Gasteiger partial charge >= 0.3 is 24.1 Å². The van der Waals surface area contributed by atoms with Gasteiger partial charge in [-0.3, -0.25) is 29.0 Å². The molecule has 50 heavy (non-hydrogen) atoms. The summed E-state index contributed by atoms with van der Waals surface area (Å²) in [5.41, 5.74) is 2.85. The lowest BCUT2D eigenvalue weighted by Gasteiger charge is -2.41. The molecule has 17 heteroatoms. The molecule has 0 aliphatic carbocycles. The number of halogens is 3. The molecule has 2 aromatic carbocycles. The van der Waals surface area contributed by atoms with Crippen molar-refractivity contribution in [3.8, 4) is 16.9 Å². The average Bonchev–Trinajstić information content (AvgIpc) is 3.09. The van der Waals surface area contributed by atoms with Crippen molar-refractivity contribution in [2.75, 3.05) is 33.9 Å². The Bertz CT molecular complexity index is 1670. The van der Waals surface area contributed by atoms with E-state index in [0.717, 1.165) is 23.1 Å². The summed E-state index contributed by atoms with van der Waals surface area (Å²) in [5.74, 6) is -5.88. The van der Waals surface area contributed by atoms with Gasteiger partial charge in [-0.05, 0) is 53.1 Å². The number of hydrogen-bond acceptors (Lipinski definition) is 9. The third kappa shape index (κ3) is 10.8. The fourth-order valence-electron chi connectivity index (χ4n) is 4.86. The zero-order valence-corrected chi connectivity index (χ0v) is 26.8. The van der Waals surface area contributed by atoms with Gasteiger partial charge in [0.2, 0.25) is 11.8 Å². The lowest BCUT2D eigenvalue weighted by Crippen LogP contribution is -2.63. The molecule has 0 saturated carbocycles. The van der Waals surface area contributed by atoms with Gasteiger partial charge in [0, 0.05) is 37.5 Å². The van der Waals surface area contributed by atoms with Crippen molar-refractivity contribution >= 4 is 35.6 Å². The SMILES string of the molecule is COC(=O)CC1C(=O)N(CC(=O)O)CCN1C(=O)C(Cc1ccc(OC)cc1)NC(=O)c1ccc(-c2ccncc2)cc1.O=C(O)C(F)(F)F. The molecule has 4 rings (SSSR count). The Labute approximate surface area is 283 Å². The van der Waals surface area contributed by atoms with E-state index >= 15 is 0 Å². The summed E-state index contributed by atoms with van der Waals surface area (Å²) in [6, 6.07) is 15.1. The minimum atomic E-state index is -5.08. The van der Waals surface area contributed by atoms with Crippen LogP contribution in [0.3, 0.4) is 0 Å². The van der Waals surface area contributed by atoms with Gasteiger partial charge in [-0.25, -0.2) is 4.79 Å². The third-order valence-electron chi connectivity index (χ3n) is 7.39. The maximum Gasteiger partial charge on any atom is 0.490 e. The van der Waals surface area contributed by atoms with Crippen LogP contribution in [-0.2, 0) is 35.1 Å². The highest BCUT2D eigenvalue weighted by molar-refractivity contribution is 5.99. The van der Waals surface area contributed by atoms with E-state index in [9.17, 15) is 42.3 Å². The van der Waals surface area contributed by atoms with Gasteiger partial charge in [0.05, 0.1) is 20.6 Å². The van der Waals surface area contributed by atoms with Gasteiger partial charge in [-0.2, -0.15) is 13.2 Å². The normalized spacial score (nSPS) is 14.8. The number of carbonyl (C=O) groups excluding carboxylic acids is 4. The number of rotatable bonds is 11. The van der Waals surface area contributed by atoms with Crippen LogP contribution < -0.4 is 10.1 Å². The first kappa shape index (κ1) is 38.4. The van der Waals surface area contributed by atoms with Gasteiger partial charge in [-0.15, -0.1) is 0 Å². The lowest BCUT2D eigenvalue weighted by atomic mass is 10.00. The maximum atomic E-state index is 14.0. The average molecular weight is 703 g/mol. The number of amides is 3. The summed E-state index contributed by atoms with van der Waals surface area (Å²) >= 11 is 0. The van der Waals surface area contributed by atoms with Crippen LogP contribution in [0.1, 0.15) is 22.3 Å². The van der Waals surface area contributed by atoms with Crippen molar-refractivity contribution in [2.45, 2.75) is 31.1 Å². The number of nitrogens with zero attached hydrogens (tertiary/aromatic N) is 3. The van der Waals surface area contributed by atoms with Crippen molar-refractivity contribution in [3.63, 3.8) is 0 Å². The van der Waals surface area contributed by atoms with Crippen molar-refractivity contribution in [1.82, 2.24) is 20.1 Å². The zero-order valence-electron chi connectivity index (χ0n) is 26.8. The van der Waals surface area contributed by atoms with Gasteiger partial charge in [0.15, 0.2) is 0 Å². The van der Waals surface area contributed by atoms with Gasteiger partial charge in [0.1, 0.15) is 24.4 Å². The number of alkyl halides is 3. The van der Waals surface area contributed by atoms with Crippen molar-refractivity contribution < 1.29 is 61.6 Å². The second-order valence-electron chi connectivity index (χ2n) is 10.7. The monoisotopic (exact) mass is 702 g/mol. The van der Waals surface area contributed by atoms with E-state index < -0.39 is 66.9 Å². The number of pyridine rings is 1. The van der Waals surface area contributed by atoms with E-state index in [1.165, 1.54) is 12.0 Å².